The molecule has 0 radical (unpaired) electrons. The minimum atomic E-state index is -0.445. The van der Waals surface area contributed by atoms with E-state index >= 15 is 0 Å². The molecule has 1 aliphatic rings. The highest BCUT2D eigenvalue weighted by Gasteiger charge is 2.21. The lowest BCUT2D eigenvalue weighted by Crippen LogP contribution is -2.49. The first-order valence-corrected chi connectivity index (χ1v) is 5.63. The van der Waals surface area contributed by atoms with E-state index in [-0.39, 0.29) is 12.1 Å². The number of nitrogens with one attached hydrogen (secondary N) is 1. The molecule has 94 valence electrons. The van der Waals surface area contributed by atoms with E-state index in [0.717, 1.165) is 13.2 Å². The molecule has 1 fully saturated rings. The van der Waals surface area contributed by atoms with E-state index in [4.69, 9.17) is 9.47 Å². The largest absolute Gasteiger partial charge is 0.444 e. The van der Waals surface area contributed by atoms with Gasteiger partial charge in [-0.25, -0.2) is 4.79 Å². The van der Waals surface area contributed by atoms with Crippen molar-refractivity contribution in [3.05, 3.63) is 0 Å². The number of carbonyl (C=O) groups is 1. The summed E-state index contributed by atoms with van der Waals surface area (Å²) in [6.45, 7) is 8.44. The standard InChI is InChI=1S/C11H22N2O3/c1-11(2,3)16-10(14)12-7-9-8-15-6-5-13(9)4/h9H,5-8H2,1-4H3,(H,12,14)/t9-/m0/s1. The molecule has 1 N–H and O–H groups in total. The van der Waals surface area contributed by atoms with Crippen molar-refractivity contribution in [3.63, 3.8) is 0 Å². The molecule has 1 atom stereocenters. The van der Waals surface area contributed by atoms with Gasteiger partial charge in [0.1, 0.15) is 5.60 Å². The van der Waals surface area contributed by atoms with Gasteiger partial charge in [-0.2, -0.15) is 0 Å². The number of rotatable bonds is 2. The lowest BCUT2D eigenvalue weighted by molar-refractivity contribution is 0.00385. The van der Waals surface area contributed by atoms with Crippen molar-refractivity contribution in [3.8, 4) is 0 Å². The zero-order valence-electron chi connectivity index (χ0n) is 10.6. The minimum Gasteiger partial charge on any atom is -0.444 e. The fraction of sp³-hybridized carbons (Fsp3) is 0.909. The molecule has 0 aliphatic carbocycles. The Labute approximate surface area is 97.1 Å². The SMILES string of the molecule is CN1CCOC[C@@H]1CNC(=O)OC(C)(C)C. The number of alkyl carbamates (subject to hydrolysis) is 1. The third kappa shape index (κ3) is 4.81. The predicted octanol–water partition coefficient (Wildman–Crippen LogP) is 0.842. The first-order chi connectivity index (χ1) is 7.38. The number of likely N-dealkylation sites (N-methyl/N-ethyl adjacent to an activating group) is 1. The highest BCUT2D eigenvalue weighted by atomic mass is 16.6. The van der Waals surface area contributed by atoms with Crippen molar-refractivity contribution in [1.82, 2.24) is 10.2 Å². The van der Waals surface area contributed by atoms with E-state index in [0.29, 0.717) is 13.2 Å². The Morgan fingerprint density at radius 1 is 1.56 bits per heavy atom. The molecule has 5 nitrogen and oxygen atoms in total. The van der Waals surface area contributed by atoms with Crippen molar-refractivity contribution >= 4 is 6.09 Å². The van der Waals surface area contributed by atoms with Crippen LogP contribution in [0.3, 0.4) is 0 Å². The average Bonchev–Trinajstić information content (AvgIpc) is 2.14. The molecule has 16 heavy (non-hydrogen) atoms. The molecule has 0 unspecified atom stereocenters. The van der Waals surface area contributed by atoms with Crippen molar-refractivity contribution in [1.29, 1.82) is 0 Å². The van der Waals surface area contributed by atoms with Crippen LogP contribution in [0.25, 0.3) is 0 Å². The number of morpholine rings is 1. The molecular weight excluding hydrogens is 208 g/mol. The van der Waals surface area contributed by atoms with Crippen LogP contribution in [0.2, 0.25) is 0 Å². The van der Waals surface area contributed by atoms with Gasteiger partial charge in [-0.05, 0) is 27.8 Å². The summed E-state index contributed by atoms with van der Waals surface area (Å²) in [6.07, 6.45) is -0.369. The van der Waals surface area contributed by atoms with Crippen LogP contribution in [-0.2, 0) is 9.47 Å². The Morgan fingerprint density at radius 3 is 2.81 bits per heavy atom. The van der Waals surface area contributed by atoms with Crippen LogP contribution in [0.1, 0.15) is 20.8 Å². The smallest absolute Gasteiger partial charge is 0.407 e. The van der Waals surface area contributed by atoms with Gasteiger partial charge in [0.05, 0.1) is 19.3 Å². The molecule has 0 saturated carbocycles. The number of ether oxygens (including phenoxy) is 2. The average molecular weight is 230 g/mol. The normalized spacial score (nSPS) is 22.9. The van der Waals surface area contributed by atoms with E-state index in [1.54, 1.807) is 0 Å². The van der Waals surface area contributed by atoms with Gasteiger partial charge in [0.2, 0.25) is 0 Å². The van der Waals surface area contributed by atoms with Crippen molar-refractivity contribution in [2.24, 2.45) is 0 Å². The molecule has 5 heteroatoms. The van der Waals surface area contributed by atoms with Gasteiger partial charge >= 0.3 is 6.09 Å². The van der Waals surface area contributed by atoms with Crippen LogP contribution < -0.4 is 5.32 Å². The fourth-order valence-corrected chi connectivity index (χ4v) is 1.47. The fourth-order valence-electron chi connectivity index (χ4n) is 1.47. The van der Waals surface area contributed by atoms with Crippen LogP contribution in [0.5, 0.6) is 0 Å². The lowest BCUT2D eigenvalue weighted by atomic mass is 10.2. The second kappa shape index (κ2) is 5.50. The number of amides is 1. The summed E-state index contributed by atoms with van der Waals surface area (Å²) in [5.74, 6) is 0. The summed E-state index contributed by atoms with van der Waals surface area (Å²) in [7, 11) is 2.03. The Balaban J connectivity index is 2.25. The molecule has 0 aromatic heterocycles. The Kier molecular flexibility index (Phi) is 4.56. The molecule has 1 amide bonds. The Morgan fingerprint density at radius 2 is 2.25 bits per heavy atom. The first kappa shape index (κ1) is 13.3. The molecule has 0 bridgehead atoms. The van der Waals surface area contributed by atoms with Gasteiger partial charge in [-0.1, -0.05) is 0 Å². The quantitative estimate of drug-likeness (QED) is 0.764. The summed E-state index contributed by atoms with van der Waals surface area (Å²) in [5.41, 5.74) is -0.445. The monoisotopic (exact) mass is 230 g/mol. The molecule has 0 spiro atoms. The number of hydrogen-bond donors (Lipinski definition) is 1. The maximum atomic E-state index is 11.4. The zero-order valence-corrected chi connectivity index (χ0v) is 10.6. The maximum absolute atomic E-state index is 11.4. The van der Waals surface area contributed by atoms with Crippen molar-refractivity contribution in [2.45, 2.75) is 32.4 Å². The number of carbonyl (C=O) groups excluding carboxylic acids is 1. The third-order valence-electron chi connectivity index (χ3n) is 2.40. The second-order valence-electron chi connectivity index (χ2n) is 5.09. The van der Waals surface area contributed by atoms with Gasteiger partial charge in [-0.3, -0.25) is 4.90 Å². The van der Waals surface area contributed by atoms with Crippen LogP contribution in [0.4, 0.5) is 4.79 Å². The van der Waals surface area contributed by atoms with Gasteiger partial charge < -0.3 is 14.8 Å². The predicted molar refractivity (Wildman–Crippen MR) is 61.5 cm³/mol. The zero-order chi connectivity index (χ0) is 12.2. The Hall–Kier alpha value is -0.810. The van der Waals surface area contributed by atoms with Gasteiger partial charge in [0.15, 0.2) is 0 Å². The Bertz CT molecular complexity index is 238. The maximum Gasteiger partial charge on any atom is 0.407 e. The summed E-state index contributed by atoms with van der Waals surface area (Å²) in [4.78, 5) is 13.6. The van der Waals surface area contributed by atoms with Crippen molar-refractivity contribution < 1.29 is 14.3 Å². The highest BCUT2D eigenvalue weighted by molar-refractivity contribution is 5.67. The summed E-state index contributed by atoms with van der Waals surface area (Å²) >= 11 is 0. The second-order valence-corrected chi connectivity index (χ2v) is 5.09. The van der Waals surface area contributed by atoms with E-state index in [1.807, 2.05) is 27.8 Å². The summed E-state index contributed by atoms with van der Waals surface area (Å²) in [5, 5.41) is 2.76. The summed E-state index contributed by atoms with van der Waals surface area (Å²) in [6, 6.07) is 0.237. The highest BCUT2D eigenvalue weighted by Crippen LogP contribution is 2.07. The molecule has 1 heterocycles. The van der Waals surface area contributed by atoms with Crippen molar-refractivity contribution in [2.75, 3.05) is 33.4 Å². The van der Waals surface area contributed by atoms with Crippen LogP contribution in [-0.4, -0.2) is 56.0 Å². The van der Waals surface area contributed by atoms with E-state index in [2.05, 4.69) is 10.2 Å². The van der Waals surface area contributed by atoms with Crippen LogP contribution >= 0.6 is 0 Å². The molecule has 1 saturated heterocycles. The van der Waals surface area contributed by atoms with Gasteiger partial charge in [0, 0.05) is 13.1 Å². The molecular formula is C11H22N2O3. The van der Waals surface area contributed by atoms with Gasteiger partial charge in [0.25, 0.3) is 0 Å². The number of hydrogen-bond acceptors (Lipinski definition) is 4. The summed E-state index contributed by atoms with van der Waals surface area (Å²) < 4.78 is 10.5. The van der Waals surface area contributed by atoms with Crippen LogP contribution in [0, 0.1) is 0 Å². The van der Waals surface area contributed by atoms with Crippen LogP contribution in [0.15, 0.2) is 0 Å². The molecule has 1 aliphatic heterocycles. The van der Waals surface area contributed by atoms with E-state index < -0.39 is 5.60 Å². The molecule has 1 rings (SSSR count). The molecule has 0 aromatic rings. The van der Waals surface area contributed by atoms with E-state index in [9.17, 15) is 4.79 Å². The van der Waals surface area contributed by atoms with Gasteiger partial charge in [-0.15, -0.1) is 0 Å². The molecule has 0 aromatic carbocycles. The number of nitrogens with zero attached hydrogens (tertiary/aromatic N) is 1. The third-order valence-corrected chi connectivity index (χ3v) is 2.40. The minimum absolute atomic E-state index is 0.237. The lowest BCUT2D eigenvalue weighted by Gasteiger charge is -2.32. The topological polar surface area (TPSA) is 50.8 Å². The first-order valence-electron chi connectivity index (χ1n) is 5.63. The van der Waals surface area contributed by atoms with E-state index in [1.165, 1.54) is 0 Å².